The molecule has 25 heavy (non-hydrogen) atoms. The van der Waals surface area contributed by atoms with E-state index in [1.165, 1.54) is 6.20 Å². The van der Waals surface area contributed by atoms with Crippen LogP contribution in [0.3, 0.4) is 0 Å². The van der Waals surface area contributed by atoms with Crippen LogP contribution in [-0.2, 0) is 6.42 Å². The van der Waals surface area contributed by atoms with E-state index < -0.39 is 0 Å². The summed E-state index contributed by atoms with van der Waals surface area (Å²) < 4.78 is 12.2. The Labute approximate surface area is 154 Å². The van der Waals surface area contributed by atoms with Gasteiger partial charge >= 0.3 is 0 Å². The van der Waals surface area contributed by atoms with Gasteiger partial charge in [-0.2, -0.15) is 0 Å². The van der Waals surface area contributed by atoms with Gasteiger partial charge in [-0.15, -0.1) is 11.3 Å². The Hall–Kier alpha value is -1.85. The minimum atomic E-state index is -0.137. The summed E-state index contributed by atoms with van der Waals surface area (Å²) in [7, 11) is 0. The number of carbonyl (C=O) groups excluding carboxylic acids is 1. The first-order valence-electron chi connectivity index (χ1n) is 8.51. The monoisotopic (exact) mass is 375 g/mol. The van der Waals surface area contributed by atoms with Crippen molar-refractivity contribution >= 4 is 38.8 Å². The molecule has 130 valence electrons. The summed E-state index contributed by atoms with van der Waals surface area (Å²) in [6.07, 6.45) is 4.46. The number of benzene rings is 1. The maximum Gasteiger partial charge on any atom is 0.199 e. The predicted octanol–water partition coefficient (Wildman–Crippen LogP) is 5.61. The van der Waals surface area contributed by atoms with Crippen LogP contribution in [0.2, 0.25) is 5.02 Å². The molecule has 0 radical (unpaired) electrons. The van der Waals surface area contributed by atoms with Crippen molar-refractivity contribution in [1.82, 2.24) is 5.16 Å². The number of nitrogens with zero attached hydrogens (tertiary/aromatic N) is 1. The van der Waals surface area contributed by atoms with Gasteiger partial charge in [-0.1, -0.05) is 23.7 Å². The molecule has 0 atom stereocenters. The lowest BCUT2D eigenvalue weighted by Gasteiger charge is -2.08. The summed E-state index contributed by atoms with van der Waals surface area (Å²) in [6, 6.07) is 3.74. The van der Waals surface area contributed by atoms with Crippen molar-refractivity contribution in [3.05, 3.63) is 45.1 Å². The second-order valence-electron chi connectivity index (χ2n) is 6.15. The second kappa shape index (κ2) is 6.46. The number of fused-ring (bicyclic) bond motifs is 1. The molecule has 1 saturated carbocycles. The highest BCUT2D eigenvalue weighted by Crippen LogP contribution is 2.45. The zero-order valence-corrected chi connectivity index (χ0v) is 15.7. The predicted molar refractivity (Wildman–Crippen MR) is 99.3 cm³/mol. The van der Waals surface area contributed by atoms with Crippen molar-refractivity contribution in [3.8, 4) is 5.75 Å². The first kappa shape index (κ1) is 16.6. The fourth-order valence-corrected chi connectivity index (χ4v) is 4.57. The molecule has 1 fully saturated rings. The molecule has 2 aromatic heterocycles. The summed E-state index contributed by atoms with van der Waals surface area (Å²) in [5.74, 6) is 1.67. The lowest BCUT2D eigenvalue weighted by atomic mass is 10.0. The number of aromatic nitrogens is 1. The van der Waals surface area contributed by atoms with E-state index in [9.17, 15) is 4.79 Å². The van der Waals surface area contributed by atoms with E-state index in [0.717, 1.165) is 40.0 Å². The summed E-state index contributed by atoms with van der Waals surface area (Å²) in [4.78, 5) is 14.2. The third-order valence-electron chi connectivity index (χ3n) is 4.46. The van der Waals surface area contributed by atoms with Crippen LogP contribution in [0.25, 0.3) is 10.1 Å². The lowest BCUT2D eigenvalue weighted by Crippen LogP contribution is -2.04. The van der Waals surface area contributed by atoms with E-state index in [-0.39, 0.29) is 5.78 Å². The standard InChI is InChI=1S/C19H18ClNO3S/c1-3-13-19(23-4-2)15-14(25-13)8-7-11(16(15)20)17(22)12-9-21-24-18(12)10-5-6-10/h7-10H,3-6H2,1-2H3. The van der Waals surface area contributed by atoms with E-state index in [2.05, 4.69) is 12.1 Å². The fraction of sp³-hybridized carbons (Fsp3) is 0.368. The molecule has 1 aliphatic rings. The molecule has 4 nitrogen and oxygen atoms in total. The Kier molecular flexibility index (Phi) is 4.29. The fourth-order valence-electron chi connectivity index (χ4n) is 3.08. The molecular formula is C19H18ClNO3S. The van der Waals surface area contributed by atoms with Crippen molar-refractivity contribution in [2.45, 2.75) is 39.0 Å². The van der Waals surface area contributed by atoms with E-state index >= 15 is 0 Å². The van der Waals surface area contributed by atoms with Crippen molar-refractivity contribution in [2.24, 2.45) is 0 Å². The smallest absolute Gasteiger partial charge is 0.199 e. The zero-order chi connectivity index (χ0) is 17.6. The first-order chi connectivity index (χ1) is 12.2. The molecule has 0 spiro atoms. The van der Waals surface area contributed by atoms with Crippen LogP contribution in [0, 0.1) is 0 Å². The van der Waals surface area contributed by atoms with Gasteiger partial charge in [-0.25, -0.2) is 0 Å². The summed E-state index contributed by atoms with van der Waals surface area (Å²) in [5, 5.41) is 5.11. The average Bonchev–Trinajstić information content (AvgIpc) is 3.22. The molecule has 2 heterocycles. The highest BCUT2D eigenvalue weighted by Gasteiger charge is 2.33. The van der Waals surface area contributed by atoms with Crippen molar-refractivity contribution in [3.63, 3.8) is 0 Å². The van der Waals surface area contributed by atoms with E-state index in [4.69, 9.17) is 20.9 Å². The largest absolute Gasteiger partial charge is 0.492 e. The van der Waals surface area contributed by atoms with Crippen molar-refractivity contribution in [1.29, 1.82) is 0 Å². The molecule has 0 amide bonds. The van der Waals surface area contributed by atoms with Crippen LogP contribution in [0.5, 0.6) is 5.75 Å². The molecule has 0 aliphatic heterocycles. The third-order valence-corrected chi connectivity index (χ3v) is 6.14. The number of carbonyl (C=O) groups is 1. The van der Waals surface area contributed by atoms with Gasteiger partial charge in [-0.05, 0) is 38.3 Å². The second-order valence-corrected chi connectivity index (χ2v) is 7.66. The SMILES string of the molecule is CCOc1c(CC)sc2ccc(C(=O)c3cnoc3C3CC3)c(Cl)c12. The Morgan fingerprint density at radius 1 is 1.36 bits per heavy atom. The topological polar surface area (TPSA) is 52.3 Å². The Balaban J connectivity index is 1.84. The number of halogens is 1. The Bertz CT molecular complexity index is 955. The van der Waals surface area contributed by atoms with Gasteiger partial charge in [0.25, 0.3) is 0 Å². The number of aryl methyl sites for hydroxylation is 1. The first-order valence-corrected chi connectivity index (χ1v) is 9.71. The quantitative estimate of drug-likeness (QED) is 0.525. The Morgan fingerprint density at radius 2 is 2.16 bits per heavy atom. The molecule has 0 bridgehead atoms. The average molecular weight is 376 g/mol. The van der Waals surface area contributed by atoms with E-state index in [1.807, 2.05) is 13.0 Å². The number of ketones is 1. The molecule has 0 saturated heterocycles. The summed E-state index contributed by atoms with van der Waals surface area (Å²) in [6.45, 7) is 4.60. The van der Waals surface area contributed by atoms with Gasteiger partial charge in [0.2, 0.25) is 0 Å². The van der Waals surface area contributed by atoms with Crippen LogP contribution >= 0.6 is 22.9 Å². The van der Waals surface area contributed by atoms with Crippen molar-refractivity contribution in [2.75, 3.05) is 6.61 Å². The minimum Gasteiger partial charge on any atom is -0.492 e. The lowest BCUT2D eigenvalue weighted by molar-refractivity contribution is 0.103. The summed E-state index contributed by atoms with van der Waals surface area (Å²) in [5.41, 5.74) is 0.994. The number of hydrogen-bond donors (Lipinski definition) is 0. The van der Waals surface area contributed by atoms with Gasteiger partial charge in [-0.3, -0.25) is 4.79 Å². The Morgan fingerprint density at radius 3 is 2.84 bits per heavy atom. The van der Waals surface area contributed by atoms with Crippen LogP contribution in [0.15, 0.2) is 22.9 Å². The van der Waals surface area contributed by atoms with Crippen LogP contribution < -0.4 is 4.74 Å². The van der Waals surface area contributed by atoms with Gasteiger partial charge in [0.1, 0.15) is 5.75 Å². The maximum atomic E-state index is 13.0. The molecule has 4 rings (SSSR count). The number of rotatable bonds is 6. The minimum absolute atomic E-state index is 0.137. The molecule has 6 heteroatoms. The number of ether oxygens (including phenoxy) is 1. The molecule has 0 unspecified atom stereocenters. The number of hydrogen-bond acceptors (Lipinski definition) is 5. The van der Waals surface area contributed by atoms with Gasteiger partial charge < -0.3 is 9.26 Å². The molecule has 1 aliphatic carbocycles. The van der Waals surface area contributed by atoms with Gasteiger partial charge in [0, 0.05) is 21.1 Å². The van der Waals surface area contributed by atoms with Crippen LogP contribution in [0.4, 0.5) is 0 Å². The van der Waals surface area contributed by atoms with E-state index in [1.54, 1.807) is 17.4 Å². The number of thiophene rings is 1. The molecule has 0 N–H and O–H groups in total. The molecule has 3 aromatic rings. The van der Waals surface area contributed by atoms with E-state index in [0.29, 0.717) is 34.4 Å². The van der Waals surface area contributed by atoms with Crippen molar-refractivity contribution < 1.29 is 14.1 Å². The van der Waals surface area contributed by atoms with Crippen LogP contribution in [-0.4, -0.2) is 17.5 Å². The normalized spacial score (nSPS) is 14.2. The highest BCUT2D eigenvalue weighted by molar-refractivity contribution is 7.19. The van der Waals surface area contributed by atoms with Gasteiger partial charge in [0.05, 0.1) is 28.8 Å². The zero-order valence-electron chi connectivity index (χ0n) is 14.1. The summed E-state index contributed by atoms with van der Waals surface area (Å²) >= 11 is 8.33. The van der Waals surface area contributed by atoms with Gasteiger partial charge in [0.15, 0.2) is 11.5 Å². The molecule has 1 aromatic carbocycles. The maximum absolute atomic E-state index is 13.0. The molecular weight excluding hydrogens is 358 g/mol. The van der Waals surface area contributed by atoms with Crippen LogP contribution in [0.1, 0.15) is 59.2 Å². The highest BCUT2D eigenvalue weighted by atomic mass is 35.5. The third kappa shape index (κ3) is 2.75.